The summed E-state index contributed by atoms with van der Waals surface area (Å²) in [6, 6.07) is 3.33. The summed E-state index contributed by atoms with van der Waals surface area (Å²) >= 11 is 0. The molecular weight excluding hydrogens is 504 g/mol. The van der Waals surface area contributed by atoms with Crippen LogP contribution in [-0.4, -0.2) is 62.6 Å². The van der Waals surface area contributed by atoms with Crippen molar-refractivity contribution in [3.8, 4) is 0 Å². The van der Waals surface area contributed by atoms with Gasteiger partial charge in [0.25, 0.3) is 0 Å². The van der Waals surface area contributed by atoms with E-state index in [9.17, 15) is 28.8 Å². The summed E-state index contributed by atoms with van der Waals surface area (Å²) in [5.41, 5.74) is -0.634. The molecule has 0 unspecified atom stereocenters. The molecule has 1 aromatic rings. The highest BCUT2D eigenvalue weighted by Gasteiger charge is 2.19. The van der Waals surface area contributed by atoms with Crippen molar-refractivity contribution in [2.45, 2.75) is 25.7 Å². The highest BCUT2D eigenvalue weighted by molar-refractivity contribution is 6.00. The van der Waals surface area contributed by atoms with E-state index in [1.54, 1.807) is 0 Å². The largest absolute Gasteiger partial charge is 0.463 e. The molecule has 0 spiro atoms. The molecule has 0 aliphatic heterocycles. The fourth-order valence-electron chi connectivity index (χ4n) is 2.59. The lowest BCUT2D eigenvalue weighted by Crippen LogP contribution is -2.16. The zero-order chi connectivity index (χ0) is 28.3. The van der Waals surface area contributed by atoms with E-state index >= 15 is 0 Å². The molecule has 1 rings (SSSR count). The maximum absolute atomic E-state index is 12.6. The van der Waals surface area contributed by atoms with E-state index in [0.29, 0.717) is 19.3 Å². The number of esters is 6. The van der Waals surface area contributed by atoms with Crippen LogP contribution in [0.4, 0.5) is 0 Å². The van der Waals surface area contributed by atoms with E-state index in [1.807, 2.05) is 0 Å². The summed E-state index contributed by atoms with van der Waals surface area (Å²) in [4.78, 5) is 70.5. The first kappa shape index (κ1) is 31.3. The summed E-state index contributed by atoms with van der Waals surface area (Å²) < 4.78 is 28.8. The summed E-state index contributed by atoms with van der Waals surface area (Å²) in [6.07, 6.45) is 5.38. The average Bonchev–Trinajstić information content (AvgIpc) is 2.93. The molecule has 0 saturated carbocycles. The lowest BCUT2D eigenvalue weighted by Gasteiger charge is -2.10. The first-order valence-corrected chi connectivity index (χ1v) is 11.3. The Morgan fingerprint density at radius 2 is 0.842 bits per heavy atom. The van der Waals surface area contributed by atoms with Crippen molar-refractivity contribution >= 4 is 35.8 Å². The predicted octanol–water partition coefficient (Wildman–Crippen LogP) is 2.82. The number of carbonyl (C=O) groups excluding carboxylic acids is 6. The van der Waals surface area contributed by atoms with Gasteiger partial charge in [0.15, 0.2) is 0 Å². The molecule has 0 aliphatic carbocycles. The Kier molecular flexibility index (Phi) is 14.5. The minimum atomic E-state index is -1.01. The molecule has 0 amide bonds. The van der Waals surface area contributed by atoms with Crippen LogP contribution in [-0.2, 0) is 42.8 Å². The third-order valence-corrected chi connectivity index (χ3v) is 4.44. The molecule has 0 heterocycles. The van der Waals surface area contributed by atoms with Crippen LogP contribution in [0.15, 0.2) is 56.2 Å². The number of benzene rings is 1. The number of unbranched alkanes of at least 4 members (excludes halogenated alkanes) is 3. The van der Waals surface area contributed by atoms with Crippen molar-refractivity contribution in [2.75, 3.05) is 26.8 Å². The molecule has 0 aromatic heterocycles. The molecule has 12 nitrogen and oxygen atoms in total. The Morgan fingerprint density at radius 3 is 1.24 bits per heavy atom. The lowest BCUT2D eigenvalue weighted by atomic mass is 10.1. The van der Waals surface area contributed by atoms with Crippen LogP contribution < -0.4 is 0 Å². The minimum absolute atomic E-state index is 0.0503. The molecule has 38 heavy (non-hydrogen) atoms. The van der Waals surface area contributed by atoms with Gasteiger partial charge in [-0.3, -0.25) is 0 Å². The van der Waals surface area contributed by atoms with Crippen molar-refractivity contribution < 1.29 is 57.2 Å². The quantitative estimate of drug-likeness (QED) is 0.0951. The maximum Gasteiger partial charge on any atom is 0.341 e. The Hall–Kier alpha value is -4.74. The fraction of sp³-hybridized carbons (Fsp3) is 0.308. The SMILES string of the molecule is C=CC(=O)OCCCCCCOC(=O)c1cc(C(=O)OCOC(=O)C=C)cc(C(=O)OCOC(=O)C=C)c1. The van der Waals surface area contributed by atoms with Crippen molar-refractivity contribution in [2.24, 2.45) is 0 Å². The summed E-state index contributed by atoms with van der Waals surface area (Å²) in [5.74, 6) is -5.01. The van der Waals surface area contributed by atoms with Crippen LogP contribution >= 0.6 is 0 Å². The first-order chi connectivity index (χ1) is 18.2. The van der Waals surface area contributed by atoms with Crippen LogP contribution in [0.1, 0.15) is 56.8 Å². The number of hydrogen-bond acceptors (Lipinski definition) is 12. The Labute approximate surface area is 218 Å². The molecule has 12 heteroatoms. The number of ether oxygens (including phenoxy) is 6. The van der Waals surface area contributed by atoms with Crippen molar-refractivity contribution in [3.63, 3.8) is 0 Å². The monoisotopic (exact) mass is 532 g/mol. The molecule has 0 N–H and O–H groups in total. The number of carbonyl (C=O) groups is 6. The third-order valence-electron chi connectivity index (χ3n) is 4.44. The second-order valence-electron chi connectivity index (χ2n) is 7.16. The van der Waals surface area contributed by atoms with Gasteiger partial charge in [-0.2, -0.15) is 0 Å². The van der Waals surface area contributed by atoms with Crippen LogP contribution in [0.25, 0.3) is 0 Å². The van der Waals surface area contributed by atoms with E-state index in [1.165, 1.54) is 0 Å². The van der Waals surface area contributed by atoms with E-state index in [-0.39, 0.29) is 29.9 Å². The van der Waals surface area contributed by atoms with E-state index < -0.39 is 49.4 Å². The Morgan fingerprint density at radius 1 is 0.500 bits per heavy atom. The molecule has 0 bridgehead atoms. The second kappa shape index (κ2) is 17.7. The standard InChI is InChI=1S/C26H28O12/c1-4-21(27)33-11-9-7-8-10-12-34-24(30)18-13-19(25(31)37-16-35-22(28)5-2)15-20(14-18)26(32)38-17-36-23(29)6-3/h4-6,13-15H,1-3,7-12,16-17H2. The number of hydrogen-bond donors (Lipinski definition) is 0. The van der Waals surface area contributed by atoms with Gasteiger partial charge in [-0.25, -0.2) is 28.8 Å². The fourth-order valence-corrected chi connectivity index (χ4v) is 2.59. The first-order valence-electron chi connectivity index (χ1n) is 11.3. The second-order valence-corrected chi connectivity index (χ2v) is 7.16. The third kappa shape index (κ3) is 12.3. The van der Waals surface area contributed by atoms with E-state index in [0.717, 1.165) is 42.8 Å². The van der Waals surface area contributed by atoms with Gasteiger partial charge in [0, 0.05) is 18.2 Å². The molecule has 0 aliphatic rings. The maximum atomic E-state index is 12.6. The van der Waals surface area contributed by atoms with Gasteiger partial charge >= 0.3 is 35.8 Å². The van der Waals surface area contributed by atoms with Crippen LogP contribution in [0, 0.1) is 0 Å². The summed E-state index contributed by atoms with van der Waals surface area (Å²) in [5, 5.41) is 0. The van der Waals surface area contributed by atoms with Crippen LogP contribution in [0.5, 0.6) is 0 Å². The Balaban J connectivity index is 2.80. The van der Waals surface area contributed by atoms with Crippen molar-refractivity contribution in [3.05, 3.63) is 72.9 Å². The Bertz CT molecular complexity index is 1000. The van der Waals surface area contributed by atoms with E-state index in [4.69, 9.17) is 18.9 Å². The molecule has 204 valence electrons. The smallest absolute Gasteiger partial charge is 0.341 e. The van der Waals surface area contributed by atoms with Crippen molar-refractivity contribution in [1.82, 2.24) is 0 Å². The van der Waals surface area contributed by atoms with Gasteiger partial charge in [0.05, 0.1) is 29.9 Å². The zero-order valence-electron chi connectivity index (χ0n) is 20.6. The highest BCUT2D eigenvalue weighted by atomic mass is 16.7. The summed E-state index contributed by atoms with van der Waals surface area (Å²) in [6.45, 7) is 8.54. The van der Waals surface area contributed by atoms with Crippen LogP contribution in [0.2, 0.25) is 0 Å². The minimum Gasteiger partial charge on any atom is -0.463 e. The van der Waals surface area contributed by atoms with Gasteiger partial charge in [-0.05, 0) is 43.9 Å². The van der Waals surface area contributed by atoms with Gasteiger partial charge in [0.1, 0.15) is 0 Å². The van der Waals surface area contributed by atoms with Gasteiger partial charge in [-0.15, -0.1) is 0 Å². The van der Waals surface area contributed by atoms with Crippen LogP contribution in [0.3, 0.4) is 0 Å². The predicted molar refractivity (Wildman–Crippen MR) is 129 cm³/mol. The average molecular weight is 532 g/mol. The van der Waals surface area contributed by atoms with Gasteiger partial charge < -0.3 is 28.4 Å². The molecule has 0 radical (unpaired) electrons. The van der Waals surface area contributed by atoms with Gasteiger partial charge in [0.2, 0.25) is 13.6 Å². The molecule has 1 aromatic carbocycles. The molecule has 0 saturated heterocycles. The molecule has 0 fully saturated rings. The number of rotatable bonds is 17. The highest BCUT2D eigenvalue weighted by Crippen LogP contribution is 2.15. The molecular formula is C26H28O12. The van der Waals surface area contributed by atoms with E-state index in [2.05, 4.69) is 29.2 Å². The lowest BCUT2D eigenvalue weighted by molar-refractivity contribution is -0.147. The zero-order valence-corrected chi connectivity index (χ0v) is 20.6. The molecule has 0 atom stereocenters. The topological polar surface area (TPSA) is 158 Å². The normalized spacial score (nSPS) is 9.79. The summed E-state index contributed by atoms with van der Waals surface area (Å²) in [7, 11) is 0. The van der Waals surface area contributed by atoms with Crippen molar-refractivity contribution in [1.29, 1.82) is 0 Å². The van der Waals surface area contributed by atoms with Gasteiger partial charge in [-0.1, -0.05) is 19.7 Å².